The first-order valence-corrected chi connectivity index (χ1v) is 12.3. The van der Waals surface area contributed by atoms with Gasteiger partial charge in [-0.15, -0.1) is 11.8 Å². The first-order valence-electron chi connectivity index (χ1n) is 10.7. The summed E-state index contributed by atoms with van der Waals surface area (Å²) < 4.78 is 8.23. The van der Waals surface area contributed by atoms with E-state index in [1.807, 2.05) is 54.8 Å². The lowest BCUT2D eigenvalue weighted by Crippen LogP contribution is -2.27. The van der Waals surface area contributed by atoms with Gasteiger partial charge in [0.2, 0.25) is 0 Å². The molecule has 0 aliphatic heterocycles. The van der Waals surface area contributed by atoms with Crippen molar-refractivity contribution in [2.75, 3.05) is 18.7 Å². The molecule has 0 spiro atoms. The van der Waals surface area contributed by atoms with Gasteiger partial charge >= 0.3 is 0 Å². The molecule has 2 heterocycles. The average molecular weight is 505 g/mol. The largest absolute Gasteiger partial charge is 0.495 e. The van der Waals surface area contributed by atoms with Gasteiger partial charge in [0.1, 0.15) is 11.3 Å². The number of anilines is 1. The van der Waals surface area contributed by atoms with E-state index in [2.05, 4.69) is 10.4 Å². The van der Waals surface area contributed by atoms with Gasteiger partial charge in [-0.1, -0.05) is 35.9 Å². The van der Waals surface area contributed by atoms with Gasteiger partial charge in [0.05, 0.1) is 17.8 Å². The van der Waals surface area contributed by atoms with Crippen LogP contribution in [0.4, 0.5) is 5.69 Å². The molecule has 176 valence electrons. The summed E-state index contributed by atoms with van der Waals surface area (Å²) in [4.78, 5) is 28.3. The van der Waals surface area contributed by atoms with E-state index in [4.69, 9.17) is 16.3 Å². The molecule has 1 N–H and O–H groups in total. The van der Waals surface area contributed by atoms with E-state index in [0.717, 1.165) is 15.8 Å². The Hall–Kier alpha value is -3.75. The zero-order valence-electron chi connectivity index (χ0n) is 19.2. The Labute approximate surface area is 210 Å². The lowest BCUT2D eigenvalue weighted by atomic mass is 10.1. The van der Waals surface area contributed by atoms with Crippen molar-refractivity contribution >= 4 is 56.8 Å². The molecule has 0 unspecified atom stereocenters. The highest BCUT2D eigenvalue weighted by atomic mass is 35.5. The first-order chi connectivity index (χ1) is 16.9. The molecule has 0 aliphatic carbocycles. The maximum Gasteiger partial charge on any atom is 0.296 e. The van der Waals surface area contributed by atoms with Gasteiger partial charge in [0, 0.05) is 33.9 Å². The lowest BCUT2D eigenvalue weighted by Gasteiger charge is -2.12. The molecule has 35 heavy (non-hydrogen) atoms. The van der Waals surface area contributed by atoms with Crippen molar-refractivity contribution in [3.05, 3.63) is 87.8 Å². The fraction of sp³-hybridized carbons (Fsp3) is 0.115. The number of benzene rings is 3. The van der Waals surface area contributed by atoms with Crippen molar-refractivity contribution in [3.63, 3.8) is 0 Å². The highest BCUT2D eigenvalue weighted by Gasteiger charge is 2.24. The molecule has 0 radical (unpaired) electrons. The van der Waals surface area contributed by atoms with Crippen LogP contribution in [0.2, 0.25) is 5.02 Å². The van der Waals surface area contributed by atoms with Crippen LogP contribution in [0.1, 0.15) is 10.5 Å². The summed E-state index contributed by atoms with van der Waals surface area (Å²) in [6.07, 6.45) is 1.97. The predicted molar refractivity (Wildman–Crippen MR) is 142 cm³/mol. The van der Waals surface area contributed by atoms with Crippen LogP contribution in [-0.2, 0) is 7.05 Å². The van der Waals surface area contributed by atoms with Crippen LogP contribution in [0.15, 0.2) is 76.4 Å². The van der Waals surface area contributed by atoms with Gasteiger partial charge in [0.15, 0.2) is 5.69 Å². The molecule has 0 saturated heterocycles. The molecule has 0 aliphatic rings. The molecular weight excluding hydrogens is 484 g/mol. The van der Waals surface area contributed by atoms with Crippen LogP contribution in [0.25, 0.3) is 27.5 Å². The number of hydrogen-bond donors (Lipinski definition) is 1. The lowest BCUT2D eigenvalue weighted by molar-refractivity contribution is 0.102. The summed E-state index contributed by atoms with van der Waals surface area (Å²) in [5, 5.41) is 9.09. The van der Waals surface area contributed by atoms with Crippen LogP contribution < -0.4 is 15.6 Å². The Morgan fingerprint density at radius 1 is 1.09 bits per heavy atom. The van der Waals surface area contributed by atoms with E-state index >= 15 is 0 Å². The highest BCUT2D eigenvalue weighted by molar-refractivity contribution is 7.98. The second kappa shape index (κ2) is 9.13. The third kappa shape index (κ3) is 3.94. The smallest absolute Gasteiger partial charge is 0.296 e. The molecule has 9 heteroatoms. The summed E-state index contributed by atoms with van der Waals surface area (Å²) in [6, 6.07) is 20.0. The molecule has 0 saturated carbocycles. The van der Waals surface area contributed by atoms with E-state index in [1.54, 1.807) is 41.6 Å². The Kier molecular flexibility index (Phi) is 6.00. The molecular formula is C26H21ClN4O3S. The fourth-order valence-corrected chi connectivity index (χ4v) is 4.90. The molecule has 7 nitrogen and oxygen atoms in total. The van der Waals surface area contributed by atoms with Crippen LogP contribution in [0.5, 0.6) is 5.75 Å². The van der Waals surface area contributed by atoms with Crippen molar-refractivity contribution in [1.29, 1.82) is 0 Å². The molecule has 5 aromatic rings. The number of para-hydroxylation sites is 1. The number of carbonyl (C=O) groups excluding carboxylic acids is 1. The number of carbonyl (C=O) groups is 1. The predicted octanol–water partition coefficient (Wildman–Crippen LogP) is 5.51. The summed E-state index contributed by atoms with van der Waals surface area (Å²) in [5.74, 6) is 0.0544. The number of nitrogens with zero attached hydrogens (tertiary/aromatic N) is 3. The van der Waals surface area contributed by atoms with Gasteiger partial charge in [-0.2, -0.15) is 9.78 Å². The standard InChI is InChI=1S/C26H21ClN4O3S/c1-30-20-10-5-4-9-18(20)22-23(25(32)28-15-7-6-8-17(13-15)35-3)29-31(26(33)24(22)30)16-11-12-21(34-2)19(27)14-16/h4-14H,1-3H3,(H,28,32). The number of thioether (sulfide) groups is 1. The minimum Gasteiger partial charge on any atom is -0.495 e. The molecule has 0 bridgehead atoms. The Bertz CT molecular complexity index is 1680. The van der Waals surface area contributed by atoms with Crippen LogP contribution >= 0.6 is 23.4 Å². The number of methoxy groups -OCH3 is 1. The Morgan fingerprint density at radius 2 is 1.89 bits per heavy atom. The fourth-order valence-electron chi connectivity index (χ4n) is 4.19. The Balaban J connectivity index is 1.77. The molecule has 0 fully saturated rings. The summed E-state index contributed by atoms with van der Waals surface area (Å²) in [7, 11) is 3.32. The maximum absolute atomic E-state index is 13.7. The first kappa shape index (κ1) is 23.0. The van der Waals surface area contributed by atoms with Gasteiger partial charge in [-0.05, 0) is 48.7 Å². The van der Waals surface area contributed by atoms with Gasteiger partial charge < -0.3 is 14.6 Å². The quantitative estimate of drug-likeness (QED) is 0.319. The minimum absolute atomic E-state index is 0.137. The second-order valence-electron chi connectivity index (χ2n) is 7.87. The van der Waals surface area contributed by atoms with E-state index < -0.39 is 5.91 Å². The molecule has 3 aromatic carbocycles. The summed E-state index contributed by atoms with van der Waals surface area (Å²) >= 11 is 7.91. The Morgan fingerprint density at radius 3 is 2.63 bits per heavy atom. The van der Waals surface area contributed by atoms with Crippen LogP contribution in [-0.4, -0.2) is 33.6 Å². The number of halogens is 1. The number of aryl methyl sites for hydroxylation is 1. The third-order valence-corrected chi connectivity index (χ3v) is 6.88. The number of rotatable bonds is 5. The van der Waals surface area contributed by atoms with Crippen LogP contribution in [0, 0.1) is 0 Å². The molecule has 2 aromatic heterocycles. The third-order valence-electron chi connectivity index (χ3n) is 5.86. The maximum atomic E-state index is 13.7. The highest BCUT2D eigenvalue weighted by Crippen LogP contribution is 2.30. The van der Waals surface area contributed by atoms with Crippen molar-refractivity contribution in [3.8, 4) is 11.4 Å². The zero-order valence-corrected chi connectivity index (χ0v) is 20.8. The van der Waals surface area contributed by atoms with E-state index in [0.29, 0.717) is 33.0 Å². The van der Waals surface area contributed by atoms with Gasteiger partial charge in [0.25, 0.3) is 11.5 Å². The van der Waals surface area contributed by atoms with Crippen molar-refractivity contribution in [2.24, 2.45) is 7.05 Å². The van der Waals surface area contributed by atoms with Gasteiger partial charge in [-0.3, -0.25) is 9.59 Å². The molecule has 1 amide bonds. The average Bonchev–Trinajstić information content (AvgIpc) is 3.17. The van der Waals surface area contributed by atoms with Crippen molar-refractivity contribution in [1.82, 2.24) is 14.3 Å². The van der Waals surface area contributed by atoms with E-state index in [-0.39, 0.29) is 11.3 Å². The molecule has 0 atom stereocenters. The second-order valence-corrected chi connectivity index (χ2v) is 9.16. The number of nitrogens with one attached hydrogen (secondary N) is 1. The SMILES string of the molecule is COc1ccc(-n2nc(C(=O)Nc3cccc(SC)c3)c3c4ccccc4n(C)c3c2=O)cc1Cl. The number of fused-ring (bicyclic) bond motifs is 3. The van der Waals surface area contributed by atoms with Gasteiger partial charge in [-0.25, -0.2) is 0 Å². The van der Waals surface area contributed by atoms with E-state index in [1.165, 1.54) is 11.8 Å². The zero-order chi connectivity index (χ0) is 24.7. The topological polar surface area (TPSA) is 78.2 Å². The monoisotopic (exact) mass is 504 g/mol. The van der Waals surface area contributed by atoms with Crippen molar-refractivity contribution < 1.29 is 9.53 Å². The molecule has 5 rings (SSSR count). The summed E-state index contributed by atoms with van der Waals surface area (Å²) in [5.41, 5.74) is 2.04. The summed E-state index contributed by atoms with van der Waals surface area (Å²) in [6.45, 7) is 0. The van der Waals surface area contributed by atoms with Crippen LogP contribution in [0.3, 0.4) is 0 Å². The number of ether oxygens (including phenoxy) is 1. The minimum atomic E-state index is -0.419. The van der Waals surface area contributed by atoms with E-state index in [9.17, 15) is 9.59 Å². The number of hydrogen-bond acceptors (Lipinski definition) is 5. The normalized spacial score (nSPS) is 11.2. The number of aromatic nitrogens is 3. The van der Waals surface area contributed by atoms with Crippen molar-refractivity contribution in [2.45, 2.75) is 4.90 Å². The number of amides is 1.